The molecule has 0 spiro atoms. The van der Waals surface area contributed by atoms with Crippen LogP contribution in [-0.2, 0) is 9.59 Å². The van der Waals surface area contributed by atoms with Crippen LogP contribution < -0.4 is 16.4 Å². The van der Waals surface area contributed by atoms with E-state index in [1.54, 1.807) is 35.3 Å². The predicted octanol–water partition coefficient (Wildman–Crippen LogP) is 0.727. The summed E-state index contributed by atoms with van der Waals surface area (Å²) >= 11 is 0. The Kier molecular flexibility index (Phi) is 7.34. The van der Waals surface area contributed by atoms with Crippen LogP contribution in [0.3, 0.4) is 0 Å². The first-order valence-corrected chi connectivity index (χ1v) is 7.25. The van der Waals surface area contributed by atoms with Crippen molar-refractivity contribution in [1.29, 1.82) is 0 Å². The standard InChI is InChI=1S/C15H20N6O2.ClH/c1-10(2)14(16)15(23)18-7-13(22)20-11-3-5-12(6-4-11)21-9-17-8-19-21;/h3-6,8-10,14H,7,16H2,1-2H3,(H,18,23)(H,20,22);1H/t14-;/m0./s1. The van der Waals surface area contributed by atoms with Gasteiger partial charge in [0, 0.05) is 5.69 Å². The molecule has 24 heavy (non-hydrogen) atoms. The lowest BCUT2D eigenvalue weighted by Crippen LogP contribution is -2.46. The number of carbonyl (C=O) groups excluding carboxylic acids is 2. The highest BCUT2D eigenvalue weighted by Crippen LogP contribution is 2.11. The normalized spacial score (nSPS) is 11.5. The molecule has 0 radical (unpaired) electrons. The fraction of sp³-hybridized carbons (Fsp3) is 0.333. The van der Waals surface area contributed by atoms with Crippen LogP contribution in [0.4, 0.5) is 5.69 Å². The number of nitrogens with zero attached hydrogens (tertiary/aromatic N) is 3. The maximum atomic E-state index is 11.8. The molecule has 0 fully saturated rings. The van der Waals surface area contributed by atoms with E-state index in [0.717, 1.165) is 5.69 Å². The fourth-order valence-electron chi connectivity index (χ4n) is 1.83. The summed E-state index contributed by atoms with van der Waals surface area (Å²) in [6.07, 6.45) is 3.03. The van der Waals surface area contributed by atoms with E-state index in [1.165, 1.54) is 6.33 Å². The smallest absolute Gasteiger partial charge is 0.243 e. The average molecular weight is 353 g/mol. The molecule has 0 saturated heterocycles. The molecule has 130 valence electrons. The number of benzene rings is 1. The molecular weight excluding hydrogens is 332 g/mol. The van der Waals surface area contributed by atoms with Gasteiger partial charge in [-0.2, -0.15) is 5.10 Å². The molecule has 2 rings (SSSR count). The van der Waals surface area contributed by atoms with Crippen molar-refractivity contribution in [3.63, 3.8) is 0 Å². The molecule has 9 heteroatoms. The predicted molar refractivity (Wildman–Crippen MR) is 93.1 cm³/mol. The minimum absolute atomic E-state index is 0. The summed E-state index contributed by atoms with van der Waals surface area (Å²) in [7, 11) is 0. The molecule has 2 amide bonds. The third kappa shape index (κ3) is 5.32. The van der Waals surface area contributed by atoms with Crippen molar-refractivity contribution in [1.82, 2.24) is 20.1 Å². The van der Waals surface area contributed by atoms with Crippen LogP contribution in [0, 0.1) is 5.92 Å². The van der Waals surface area contributed by atoms with E-state index in [1.807, 2.05) is 13.8 Å². The second kappa shape index (κ2) is 8.99. The number of rotatable bonds is 6. The Hall–Kier alpha value is -2.45. The lowest BCUT2D eigenvalue weighted by molar-refractivity contribution is -0.125. The van der Waals surface area contributed by atoms with Gasteiger partial charge in [-0.1, -0.05) is 13.8 Å². The monoisotopic (exact) mass is 352 g/mol. The van der Waals surface area contributed by atoms with E-state index in [4.69, 9.17) is 5.73 Å². The summed E-state index contributed by atoms with van der Waals surface area (Å²) in [5.74, 6) is -0.637. The van der Waals surface area contributed by atoms with Gasteiger partial charge in [0.1, 0.15) is 12.7 Å². The van der Waals surface area contributed by atoms with Crippen LogP contribution in [0.5, 0.6) is 0 Å². The molecule has 2 aromatic rings. The van der Waals surface area contributed by atoms with E-state index in [0.29, 0.717) is 5.69 Å². The first-order valence-electron chi connectivity index (χ1n) is 7.25. The van der Waals surface area contributed by atoms with Crippen molar-refractivity contribution < 1.29 is 9.59 Å². The molecule has 1 heterocycles. The molecular formula is C15H21ClN6O2. The number of hydrogen-bond acceptors (Lipinski definition) is 5. The van der Waals surface area contributed by atoms with E-state index >= 15 is 0 Å². The Labute approximate surface area is 146 Å². The summed E-state index contributed by atoms with van der Waals surface area (Å²) in [6.45, 7) is 3.58. The number of carbonyl (C=O) groups is 2. The van der Waals surface area contributed by atoms with Crippen LogP contribution >= 0.6 is 12.4 Å². The van der Waals surface area contributed by atoms with Gasteiger partial charge in [-0.15, -0.1) is 12.4 Å². The van der Waals surface area contributed by atoms with E-state index in [-0.39, 0.29) is 36.7 Å². The lowest BCUT2D eigenvalue weighted by atomic mass is 10.1. The maximum Gasteiger partial charge on any atom is 0.243 e. The van der Waals surface area contributed by atoms with Crippen LogP contribution in [0.2, 0.25) is 0 Å². The highest BCUT2D eigenvalue weighted by atomic mass is 35.5. The van der Waals surface area contributed by atoms with Crippen molar-refractivity contribution in [3.8, 4) is 5.69 Å². The number of nitrogens with two attached hydrogens (primary N) is 1. The summed E-state index contributed by atoms with van der Waals surface area (Å²) in [5.41, 5.74) is 7.16. The summed E-state index contributed by atoms with van der Waals surface area (Å²) in [5, 5.41) is 9.23. The minimum atomic E-state index is -0.621. The van der Waals surface area contributed by atoms with Crippen molar-refractivity contribution in [2.45, 2.75) is 19.9 Å². The second-order valence-corrected chi connectivity index (χ2v) is 5.42. The zero-order valence-corrected chi connectivity index (χ0v) is 14.3. The number of nitrogens with one attached hydrogen (secondary N) is 2. The van der Waals surface area contributed by atoms with Gasteiger partial charge in [-0.05, 0) is 30.2 Å². The molecule has 8 nitrogen and oxygen atoms in total. The van der Waals surface area contributed by atoms with Gasteiger partial charge >= 0.3 is 0 Å². The zero-order valence-electron chi connectivity index (χ0n) is 13.5. The number of anilines is 1. The number of aromatic nitrogens is 3. The van der Waals surface area contributed by atoms with Crippen molar-refractivity contribution in [3.05, 3.63) is 36.9 Å². The van der Waals surface area contributed by atoms with Crippen LogP contribution in [0.15, 0.2) is 36.9 Å². The average Bonchev–Trinajstić information content (AvgIpc) is 3.07. The van der Waals surface area contributed by atoms with E-state index in [9.17, 15) is 9.59 Å². The molecule has 1 aromatic carbocycles. The van der Waals surface area contributed by atoms with Gasteiger partial charge < -0.3 is 16.4 Å². The Morgan fingerprint density at radius 3 is 2.46 bits per heavy atom. The van der Waals surface area contributed by atoms with E-state index in [2.05, 4.69) is 20.7 Å². The van der Waals surface area contributed by atoms with Crippen LogP contribution in [-0.4, -0.2) is 39.2 Å². The molecule has 0 aliphatic rings. The molecule has 0 saturated carbocycles. The molecule has 1 atom stereocenters. The van der Waals surface area contributed by atoms with Crippen LogP contribution in [0.1, 0.15) is 13.8 Å². The third-order valence-electron chi connectivity index (χ3n) is 3.28. The third-order valence-corrected chi connectivity index (χ3v) is 3.28. The molecule has 4 N–H and O–H groups in total. The van der Waals surface area contributed by atoms with E-state index < -0.39 is 6.04 Å². The Morgan fingerprint density at radius 1 is 1.25 bits per heavy atom. The Morgan fingerprint density at radius 2 is 1.92 bits per heavy atom. The fourth-order valence-corrected chi connectivity index (χ4v) is 1.83. The quantitative estimate of drug-likeness (QED) is 0.708. The van der Waals surface area contributed by atoms with Gasteiger partial charge in [0.05, 0.1) is 18.3 Å². The molecule has 1 aromatic heterocycles. The second-order valence-electron chi connectivity index (χ2n) is 5.42. The number of amides is 2. The van der Waals surface area contributed by atoms with Gasteiger partial charge in [0.15, 0.2) is 0 Å². The Bertz CT molecular complexity index is 657. The zero-order chi connectivity index (χ0) is 16.8. The number of hydrogen-bond donors (Lipinski definition) is 3. The summed E-state index contributed by atoms with van der Waals surface area (Å²) in [6, 6.07) is 6.48. The van der Waals surface area contributed by atoms with Gasteiger partial charge in [0.2, 0.25) is 11.8 Å². The topological polar surface area (TPSA) is 115 Å². The van der Waals surface area contributed by atoms with Crippen molar-refractivity contribution >= 4 is 29.9 Å². The van der Waals surface area contributed by atoms with Crippen molar-refractivity contribution in [2.24, 2.45) is 11.7 Å². The molecule has 0 bridgehead atoms. The highest BCUT2D eigenvalue weighted by Gasteiger charge is 2.17. The minimum Gasteiger partial charge on any atom is -0.346 e. The first kappa shape index (κ1) is 19.6. The van der Waals surface area contributed by atoms with Gasteiger partial charge in [-0.3, -0.25) is 9.59 Å². The van der Waals surface area contributed by atoms with Crippen molar-refractivity contribution in [2.75, 3.05) is 11.9 Å². The van der Waals surface area contributed by atoms with Crippen LogP contribution in [0.25, 0.3) is 5.69 Å². The molecule has 0 aliphatic carbocycles. The lowest BCUT2D eigenvalue weighted by Gasteiger charge is -2.15. The van der Waals surface area contributed by atoms with Gasteiger partial charge in [-0.25, -0.2) is 9.67 Å². The Balaban J connectivity index is 0.00000288. The molecule has 0 unspecified atom stereocenters. The summed E-state index contributed by atoms with van der Waals surface area (Å²) < 4.78 is 1.61. The molecule has 0 aliphatic heterocycles. The van der Waals surface area contributed by atoms with Gasteiger partial charge in [0.25, 0.3) is 0 Å². The SMILES string of the molecule is CC(C)[C@H](N)C(=O)NCC(=O)Nc1ccc(-n2cncn2)cc1.Cl. The highest BCUT2D eigenvalue weighted by molar-refractivity contribution is 5.95. The number of halogens is 1. The first-order chi connectivity index (χ1) is 11.0. The summed E-state index contributed by atoms with van der Waals surface area (Å²) in [4.78, 5) is 27.4. The maximum absolute atomic E-state index is 11.8. The largest absolute Gasteiger partial charge is 0.346 e.